The second-order valence-corrected chi connectivity index (χ2v) is 9.22. The summed E-state index contributed by atoms with van der Waals surface area (Å²) in [4.78, 5) is 36.8. The molecule has 14 heteroatoms. The van der Waals surface area contributed by atoms with Gasteiger partial charge >= 0.3 is 19.4 Å². The molecule has 180 valence electrons. The fourth-order valence-corrected chi connectivity index (χ4v) is 4.62. The Hall–Kier alpha value is -2.80. The van der Waals surface area contributed by atoms with Crippen molar-refractivity contribution in [2.75, 3.05) is 6.61 Å². The number of H-pyrrole nitrogens is 1. The van der Waals surface area contributed by atoms with Gasteiger partial charge < -0.3 is 24.6 Å². The van der Waals surface area contributed by atoms with Gasteiger partial charge in [0.2, 0.25) is 0 Å². The highest BCUT2D eigenvalue weighted by molar-refractivity contribution is 7.52. The highest BCUT2D eigenvalue weighted by Gasteiger charge is 2.54. The number of carbonyl (C=O) groups is 1. The minimum absolute atomic E-state index is 0.108. The van der Waals surface area contributed by atoms with Crippen molar-refractivity contribution in [3.63, 3.8) is 0 Å². The number of nitrogens with one attached hydrogen (secondary N) is 2. The molecule has 1 aromatic heterocycles. The van der Waals surface area contributed by atoms with Crippen LogP contribution < -0.4 is 20.9 Å². The molecule has 33 heavy (non-hydrogen) atoms. The van der Waals surface area contributed by atoms with Crippen molar-refractivity contribution in [3.05, 3.63) is 63.4 Å². The number of rotatable bonds is 9. The monoisotopic (exact) mass is 486 g/mol. The van der Waals surface area contributed by atoms with E-state index in [1.807, 2.05) is 4.98 Å². The lowest BCUT2D eigenvalue weighted by Gasteiger charge is -2.27. The molecule has 0 spiro atoms. The fraction of sp³-hybridized carbons (Fsp3) is 0.421. The van der Waals surface area contributed by atoms with Crippen molar-refractivity contribution in [1.29, 1.82) is 0 Å². The maximum absolute atomic E-state index is 13.3. The van der Waals surface area contributed by atoms with E-state index in [4.69, 9.17) is 20.3 Å². The Kier molecular flexibility index (Phi) is 6.79. The number of aromatic nitrogens is 2. The van der Waals surface area contributed by atoms with Crippen LogP contribution in [0.15, 0.2) is 52.2 Å². The zero-order valence-corrected chi connectivity index (χ0v) is 18.5. The molecule has 0 saturated carbocycles. The molecule has 0 aliphatic carbocycles. The van der Waals surface area contributed by atoms with Gasteiger partial charge in [0.1, 0.15) is 29.6 Å². The van der Waals surface area contributed by atoms with E-state index in [0.29, 0.717) is 0 Å². The molecule has 1 aromatic carbocycles. The Morgan fingerprint density at radius 1 is 1.42 bits per heavy atom. The summed E-state index contributed by atoms with van der Waals surface area (Å²) in [5.74, 6) is -1.22. The molecule has 2 heterocycles. The molecule has 1 aliphatic rings. The number of hydrogen-bond donors (Lipinski definition) is 5. The smallest absolute Gasteiger partial charge is 0.459 e. The second-order valence-electron chi connectivity index (χ2n) is 7.52. The number of ether oxygens (including phenoxy) is 1. The van der Waals surface area contributed by atoms with Crippen molar-refractivity contribution in [1.82, 2.24) is 14.6 Å². The van der Waals surface area contributed by atoms with Crippen molar-refractivity contribution in [2.45, 2.75) is 43.9 Å². The summed E-state index contributed by atoms with van der Waals surface area (Å²) < 4.78 is 37.9. The zero-order valence-electron chi connectivity index (χ0n) is 18.6. The fourth-order valence-electron chi connectivity index (χ4n) is 3.11. The van der Waals surface area contributed by atoms with Gasteiger partial charge in [-0.1, -0.05) is 18.2 Å². The Labute approximate surface area is 188 Å². The van der Waals surface area contributed by atoms with Crippen LogP contribution in [0.25, 0.3) is 0 Å². The summed E-state index contributed by atoms with van der Waals surface area (Å²) in [5.41, 5.74) is -4.03. The molecule has 1 aliphatic heterocycles. The van der Waals surface area contributed by atoms with Crippen molar-refractivity contribution in [2.24, 2.45) is 0 Å². The number of nitrogens with zero attached hydrogens (tertiary/aromatic N) is 1. The SMILES string of the molecule is [2H]c1cn([C@@H]2O[C@H](COP(=O)(N[C@@H](C)C(=O)O)Oc3ccccc3)[C@@H](O)[C@@]2(C)O)c(=O)[nH]c1=O. The predicted octanol–water partition coefficient (Wildman–Crippen LogP) is -0.188. The van der Waals surface area contributed by atoms with Gasteiger partial charge in [-0.25, -0.2) is 9.36 Å². The first-order chi connectivity index (χ1) is 15.8. The quantitative estimate of drug-likeness (QED) is 0.295. The van der Waals surface area contributed by atoms with Crippen LogP contribution in [0.4, 0.5) is 0 Å². The van der Waals surface area contributed by atoms with Crippen LogP contribution in [-0.4, -0.2) is 61.3 Å². The molecule has 1 fully saturated rings. The standard InChI is InChI=1S/C19H24N3O10P/c1-11(16(25)26)21-33(29,32-12-6-4-3-5-7-12)30-10-13-15(24)19(2,28)17(31-13)22-9-8-14(23)20-18(22)27/h3-9,11,13,15,17,24,28H,10H2,1-2H3,(H,21,29)(H,25,26)(H,20,23,27)/t11-,13+,15+,17+,19+,33?/m0/s1/i8D. The van der Waals surface area contributed by atoms with E-state index in [1.165, 1.54) is 19.1 Å². The maximum atomic E-state index is 13.3. The number of aliphatic hydroxyl groups excluding tert-OH is 1. The first-order valence-electron chi connectivity index (χ1n) is 10.2. The van der Waals surface area contributed by atoms with Crippen molar-refractivity contribution in [3.8, 4) is 5.75 Å². The summed E-state index contributed by atoms with van der Waals surface area (Å²) in [6, 6.07) is 5.87. The van der Waals surface area contributed by atoms with Gasteiger partial charge in [0.15, 0.2) is 6.23 Å². The molecule has 2 aromatic rings. The van der Waals surface area contributed by atoms with Crippen LogP contribution in [0.3, 0.4) is 0 Å². The normalized spacial score (nSPS) is 28.0. The molecule has 0 bridgehead atoms. The predicted molar refractivity (Wildman–Crippen MR) is 113 cm³/mol. The van der Waals surface area contributed by atoms with Crippen LogP contribution in [0.1, 0.15) is 21.4 Å². The van der Waals surface area contributed by atoms with Gasteiger partial charge in [-0.05, 0) is 26.0 Å². The summed E-state index contributed by atoms with van der Waals surface area (Å²) >= 11 is 0. The van der Waals surface area contributed by atoms with Gasteiger partial charge in [0.25, 0.3) is 5.56 Å². The van der Waals surface area contributed by atoms with Gasteiger partial charge in [-0.3, -0.25) is 23.7 Å². The first-order valence-corrected chi connectivity index (χ1v) is 11.3. The van der Waals surface area contributed by atoms with E-state index in [9.17, 15) is 29.2 Å². The largest absolute Gasteiger partial charge is 0.480 e. The molecule has 1 saturated heterocycles. The molecule has 13 nitrogen and oxygen atoms in total. The molecule has 1 unspecified atom stereocenters. The average molecular weight is 486 g/mol. The van der Waals surface area contributed by atoms with Crippen LogP contribution in [0.5, 0.6) is 5.75 Å². The van der Waals surface area contributed by atoms with Crippen LogP contribution >= 0.6 is 7.75 Å². The van der Waals surface area contributed by atoms with E-state index >= 15 is 0 Å². The Morgan fingerprint density at radius 3 is 2.73 bits per heavy atom. The van der Waals surface area contributed by atoms with E-state index in [2.05, 4.69) is 5.09 Å². The van der Waals surface area contributed by atoms with E-state index in [1.54, 1.807) is 18.2 Å². The average Bonchev–Trinajstić information content (AvgIpc) is 2.98. The molecule has 0 amide bonds. The molecular weight excluding hydrogens is 461 g/mol. The first kappa shape index (κ1) is 23.4. The Morgan fingerprint density at radius 2 is 2.09 bits per heavy atom. The van der Waals surface area contributed by atoms with Gasteiger partial charge in [0.05, 0.1) is 7.98 Å². The second kappa shape index (κ2) is 9.59. The molecule has 6 atom stereocenters. The third kappa shape index (κ3) is 5.58. The number of para-hydroxylation sites is 1. The minimum Gasteiger partial charge on any atom is -0.480 e. The lowest BCUT2D eigenvalue weighted by atomic mass is 9.96. The number of aromatic amines is 1. The lowest BCUT2D eigenvalue weighted by Crippen LogP contribution is -2.47. The number of carboxylic acids is 1. The number of carboxylic acid groups (broad SMARTS) is 1. The van der Waals surface area contributed by atoms with E-state index < -0.39 is 67.7 Å². The third-order valence-electron chi connectivity index (χ3n) is 4.90. The van der Waals surface area contributed by atoms with Gasteiger partial charge in [-0.15, -0.1) is 0 Å². The summed E-state index contributed by atoms with van der Waals surface area (Å²) in [5, 5.41) is 32.8. The number of benzene rings is 1. The van der Waals surface area contributed by atoms with Gasteiger partial charge in [-0.2, -0.15) is 5.09 Å². The third-order valence-corrected chi connectivity index (χ3v) is 6.54. The Bertz CT molecular complexity index is 1200. The van der Waals surface area contributed by atoms with Crippen LogP contribution in [-0.2, 0) is 18.6 Å². The van der Waals surface area contributed by atoms with Crippen molar-refractivity contribution >= 4 is 13.7 Å². The Balaban J connectivity index is 1.83. The van der Waals surface area contributed by atoms with Crippen molar-refractivity contribution < 1.29 is 39.8 Å². The highest BCUT2D eigenvalue weighted by Crippen LogP contribution is 2.46. The van der Waals surface area contributed by atoms with Gasteiger partial charge in [0, 0.05) is 12.2 Å². The van der Waals surface area contributed by atoms with Crippen LogP contribution in [0.2, 0.25) is 0 Å². The number of hydrogen-bond acceptors (Lipinski definition) is 9. The van der Waals surface area contributed by atoms with E-state index in [0.717, 1.165) is 17.7 Å². The number of aliphatic carboxylic acids is 1. The summed E-state index contributed by atoms with van der Waals surface area (Å²) in [7, 11) is -4.34. The lowest BCUT2D eigenvalue weighted by molar-refractivity contribution is -0.138. The highest BCUT2D eigenvalue weighted by atomic mass is 31.2. The maximum Gasteiger partial charge on any atom is 0.459 e. The zero-order chi connectivity index (χ0) is 25.3. The molecular formula is C19H24N3O10P. The summed E-state index contributed by atoms with van der Waals surface area (Å²) in [6.45, 7) is 1.73. The minimum atomic E-state index is -4.34. The molecule has 5 N–H and O–H groups in total. The number of aliphatic hydroxyl groups is 2. The van der Waals surface area contributed by atoms with Crippen LogP contribution in [0, 0.1) is 0 Å². The topological polar surface area (TPSA) is 189 Å². The van der Waals surface area contributed by atoms with E-state index in [-0.39, 0.29) is 5.75 Å². The molecule has 0 radical (unpaired) electrons. The summed E-state index contributed by atoms with van der Waals surface area (Å²) in [6.07, 6.45) is -3.73. The molecule has 3 rings (SSSR count).